The Morgan fingerprint density at radius 2 is 1.74 bits per heavy atom. The molecule has 150 valence electrons. The molecule has 0 atom stereocenters. The van der Waals surface area contributed by atoms with E-state index in [9.17, 15) is 0 Å². The Hall–Kier alpha value is -3.64. The van der Waals surface area contributed by atoms with Gasteiger partial charge in [-0.2, -0.15) is 0 Å². The molecule has 3 nitrogen and oxygen atoms in total. The third kappa shape index (κ3) is 2.20. The van der Waals surface area contributed by atoms with Crippen LogP contribution in [0.4, 0.5) is 5.69 Å². The van der Waals surface area contributed by atoms with Crippen LogP contribution in [0.3, 0.4) is 0 Å². The zero-order valence-electron chi connectivity index (χ0n) is 18.5. The number of fused-ring (bicyclic) bond motifs is 5. The molecule has 3 heterocycles. The third-order valence-corrected chi connectivity index (χ3v) is 7.07. The van der Waals surface area contributed by atoms with Crippen LogP contribution < -0.4 is 4.57 Å². The largest absolute Gasteiger partial charge is 0.308 e. The molecular weight excluding hydrogens is 378 g/mol. The lowest BCUT2D eigenvalue weighted by molar-refractivity contribution is -0.643. The van der Waals surface area contributed by atoms with E-state index in [1.54, 1.807) is 0 Å². The fraction of sp³-hybridized carbons (Fsp3) is 0.214. The topological polar surface area (TPSA) is 12.6 Å². The molecule has 3 aromatic heterocycles. The molecule has 6 rings (SSSR count). The van der Waals surface area contributed by atoms with E-state index in [1.807, 2.05) is 6.07 Å². The van der Waals surface area contributed by atoms with Crippen LogP contribution >= 0.6 is 0 Å². The lowest BCUT2D eigenvalue weighted by Crippen LogP contribution is -2.29. The molecule has 0 N–H and O–H groups in total. The third-order valence-electron chi connectivity index (χ3n) is 7.07. The van der Waals surface area contributed by atoms with Gasteiger partial charge in [-0.1, -0.05) is 26.0 Å². The second-order valence-corrected chi connectivity index (χ2v) is 9.17. The van der Waals surface area contributed by atoms with Crippen molar-refractivity contribution in [3.63, 3.8) is 0 Å². The van der Waals surface area contributed by atoms with Crippen molar-refractivity contribution in [1.29, 1.82) is 0 Å². The van der Waals surface area contributed by atoms with Gasteiger partial charge in [0.15, 0.2) is 11.9 Å². The maximum atomic E-state index is 7.53. The molecule has 0 bridgehead atoms. The number of benzene rings is 3. The first-order valence-corrected chi connectivity index (χ1v) is 10.8. The Kier molecular flexibility index (Phi) is 3.49. The zero-order valence-corrected chi connectivity index (χ0v) is 18.5. The van der Waals surface area contributed by atoms with Crippen molar-refractivity contribution in [2.75, 3.05) is 0 Å². The SMILES string of the molecule is [C-]#[N+]c1ccc2c(c1)c1cc(C)c(C)c3c1n2c1cc(C(C)C)cc2cc[n+](C)c3c21. The number of nitrogens with zero attached hydrogens (tertiary/aromatic N) is 3. The summed E-state index contributed by atoms with van der Waals surface area (Å²) in [6.45, 7) is 16.5. The lowest BCUT2D eigenvalue weighted by atomic mass is 9.94. The summed E-state index contributed by atoms with van der Waals surface area (Å²) >= 11 is 0. The van der Waals surface area contributed by atoms with Gasteiger partial charge in [0.2, 0.25) is 5.52 Å². The Morgan fingerprint density at radius 3 is 2.48 bits per heavy atom. The van der Waals surface area contributed by atoms with Crippen LogP contribution in [0.15, 0.2) is 48.7 Å². The van der Waals surface area contributed by atoms with Gasteiger partial charge in [0.1, 0.15) is 7.05 Å². The van der Waals surface area contributed by atoms with Crippen molar-refractivity contribution in [3.05, 3.63) is 76.8 Å². The molecule has 0 amide bonds. The Balaban J connectivity index is 2.07. The summed E-state index contributed by atoms with van der Waals surface area (Å²) in [5.41, 5.74) is 9.62. The first-order chi connectivity index (χ1) is 14.9. The van der Waals surface area contributed by atoms with Gasteiger partial charge < -0.3 is 4.40 Å². The van der Waals surface area contributed by atoms with Gasteiger partial charge in [-0.25, -0.2) is 9.41 Å². The number of rotatable bonds is 1. The average Bonchev–Trinajstić information content (AvgIpc) is 3.08. The highest BCUT2D eigenvalue weighted by Gasteiger charge is 2.25. The summed E-state index contributed by atoms with van der Waals surface area (Å²) in [4.78, 5) is 3.71. The standard InChI is InChI=1S/C28H24N3/c1-15(2)19-12-18-9-10-30(6)28-25-17(4)16(3)11-22-21-14-20(29-5)7-8-23(21)31(27(22)25)24(13-19)26(18)28/h7-15H,1-4,6H3/q+1. The summed E-state index contributed by atoms with van der Waals surface area (Å²) in [7, 11) is 2.15. The highest BCUT2D eigenvalue weighted by Crippen LogP contribution is 2.43. The molecular formula is C28H24N3+. The molecule has 0 unspecified atom stereocenters. The summed E-state index contributed by atoms with van der Waals surface area (Å²) in [5.74, 6) is 0.449. The Bertz CT molecular complexity index is 1740. The lowest BCUT2D eigenvalue weighted by Gasteiger charge is -2.16. The molecule has 0 saturated heterocycles. The second-order valence-electron chi connectivity index (χ2n) is 9.17. The fourth-order valence-electron chi connectivity index (χ4n) is 5.32. The predicted molar refractivity (Wildman–Crippen MR) is 130 cm³/mol. The minimum absolute atomic E-state index is 0.449. The average molecular weight is 403 g/mol. The first kappa shape index (κ1) is 18.2. The second kappa shape index (κ2) is 5.95. The minimum Gasteiger partial charge on any atom is -0.308 e. The van der Waals surface area contributed by atoms with Crippen molar-refractivity contribution in [3.8, 4) is 0 Å². The van der Waals surface area contributed by atoms with Gasteiger partial charge in [0, 0.05) is 11.5 Å². The summed E-state index contributed by atoms with van der Waals surface area (Å²) in [6, 6.07) is 15.4. The van der Waals surface area contributed by atoms with Gasteiger partial charge in [-0.05, 0) is 71.5 Å². The molecule has 0 saturated carbocycles. The minimum atomic E-state index is 0.449. The van der Waals surface area contributed by atoms with Crippen molar-refractivity contribution in [2.24, 2.45) is 7.05 Å². The Labute approximate surface area is 181 Å². The highest BCUT2D eigenvalue weighted by atomic mass is 15.0. The molecule has 0 fully saturated rings. The number of aromatic nitrogens is 2. The number of aryl methyl sites for hydroxylation is 3. The van der Waals surface area contributed by atoms with Crippen molar-refractivity contribution in [1.82, 2.24) is 4.40 Å². The number of hydrogen-bond donors (Lipinski definition) is 0. The van der Waals surface area contributed by atoms with Crippen molar-refractivity contribution < 1.29 is 4.57 Å². The van der Waals surface area contributed by atoms with Gasteiger partial charge >= 0.3 is 0 Å². The monoisotopic (exact) mass is 402 g/mol. The number of hydrogen-bond acceptors (Lipinski definition) is 0. The molecule has 3 aromatic carbocycles. The quantitative estimate of drug-likeness (QED) is 0.120. The van der Waals surface area contributed by atoms with Crippen LogP contribution in [0.1, 0.15) is 36.5 Å². The highest BCUT2D eigenvalue weighted by molar-refractivity contribution is 6.26. The van der Waals surface area contributed by atoms with Crippen molar-refractivity contribution in [2.45, 2.75) is 33.6 Å². The van der Waals surface area contributed by atoms with Crippen LogP contribution in [0.5, 0.6) is 0 Å². The predicted octanol–water partition coefficient (Wildman–Crippen LogP) is 7.11. The van der Waals surface area contributed by atoms with E-state index in [4.69, 9.17) is 6.57 Å². The molecule has 6 aromatic rings. The molecule has 31 heavy (non-hydrogen) atoms. The van der Waals surface area contributed by atoms with Gasteiger partial charge in [0.05, 0.1) is 33.9 Å². The maximum Gasteiger partial charge on any atom is 0.224 e. The van der Waals surface area contributed by atoms with Crippen LogP contribution in [-0.2, 0) is 7.05 Å². The molecule has 0 spiro atoms. The van der Waals surface area contributed by atoms with Crippen molar-refractivity contribution >= 4 is 54.7 Å². The van der Waals surface area contributed by atoms with E-state index in [-0.39, 0.29) is 0 Å². The van der Waals surface area contributed by atoms with Crippen LogP contribution in [-0.4, -0.2) is 4.40 Å². The van der Waals surface area contributed by atoms with Crippen LogP contribution in [0.25, 0.3) is 53.8 Å². The molecule has 3 heteroatoms. The maximum absolute atomic E-state index is 7.53. The normalized spacial score (nSPS) is 12.3. The van der Waals surface area contributed by atoms with E-state index in [0.717, 1.165) is 5.39 Å². The first-order valence-electron chi connectivity index (χ1n) is 10.8. The smallest absolute Gasteiger partial charge is 0.224 e. The fourth-order valence-corrected chi connectivity index (χ4v) is 5.32. The van der Waals surface area contributed by atoms with E-state index >= 15 is 0 Å². The number of pyridine rings is 2. The summed E-state index contributed by atoms with van der Waals surface area (Å²) in [6.07, 6.45) is 2.19. The van der Waals surface area contributed by atoms with E-state index in [2.05, 4.69) is 91.2 Å². The van der Waals surface area contributed by atoms with E-state index in [1.165, 1.54) is 60.3 Å². The summed E-state index contributed by atoms with van der Waals surface area (Å²) < 4.78 is 4.72. The molecule has 0 aliphatic heterocycles. The Morgan fingerprint density at radius 1 is 0.935 bits per heavy atom. The molecule has 0 aliphatic carbocycles. The van der Waals surface area contributed by atoms with Gasteiger partial charge in [0.25, 0.3) is 0 Å². The van der Waals surface area contributed by atoms with Crippen LogP contribution in [0.2, 0.25) is 0 Å². The molecule has 0 radical (unpaired) electrons. The molecule has 0 aliphatic rings. The zero-order chi connectivity index (χ0) is 21.6. The van der Waals surface area contributed by atoms with Gasteiger partial charge in [-0.3, -0.25) is 0 Å². The van der Waals surface area contributed by atoms with E-state index in [0.29, 0.717) is 11.6 Å². The summed E-state index contributed by atoms with van der Waals surface area (Å²) in [5, 5.41) is 6.30. The van der Waals surface area contributed by atoms with Crippen LogP contribution in [0, 0.1) is 20.4 Å². The van der Waals surface area contributed by atoms with E-state index < -0.39 is 0 Å². The van der Waals surface area contributed by atoms with Gasteiger partial charge in [-0.15, -0.1) is 0 Å².